The number of carbonyl (C=O) groups is 1. The van der Waals surface area contributed by atoms with E-state index in [-0.39, 0.29) is 5.91 Å². The fourth-order valence-electron chi connectivity index (χ4n) is 3.67. The molecule has 1 amide bonds. The second-order valence-corrected chi connectivity index (χ2v) is 7.65. The van der Waals surface area contributed by atoms with Gasteiger partial charge in [0.25, 0.3) is 5.91 Å². The molecule has 30 heavy (non-hydrogen) atoms. The molecule has 1 N–H and O–H groups in total. The Balaban J connectivity index is 1.40. The van der Waals surface area contributed by atoms with E-state index < -0.39 is 0 Å². The highest BCUT2D eigenvalue weighted by atomic mass is 16.2. The van der Waals surface area contributed by atoms with Crippen LogP contribution in [-0.4, -0.2) is 43.9 Å². The minimum Gasteiger partial charge on any atom is -0.378 e. The minimum absolute atomic E-state index is 0.215. The zero-order valence-electron chi connectivity index (χ0n) is 17.5. The number of hydrogen-bond acceptors (Lipinski definition) is 4. The molecule has 0 saturated carbocycles. The Hall–Kier alpha value is -3.54. The summed E-state index contributed by atoms with van der Waals surface area (Å²) in [4.78, 5) is 16.8. The smallest absolute Gasteiger partial charge is 0.271 e. The lowest BCUT2D eigenvalue weighted by Crippen LogP contribution is -2.19. The van der Waals surface area contributed by atoms with Crippen molar-refractivity contribution in [2.24, 2.45) is 5.10 Å². The molecule has 4 rings (SSSR count). The molecule has 154 valence electrons. The lowest BCUT2D eigenvalue weighted by Gasteiger charge is -2.17. The highest BCUT2D eigenvalue weighted by Crippen LogP contribution is 2.20. The number of nitrogens with zero attached hydrogens (tertiary/aromatic N) is 4. The number of hydrazone groups is 1. The van der Waals surface area contributed by atoms with Gasteiger partial charge in [-0.25, -0.2) is 5.43 Å². The molecule has 3 aromatic rings. The lowest BCUT2D eigenvalue weighted by molar-refractivity contribution is 0.0955. The lowest BCUT2D eigenvalue weighted by atomic mass is 10.2. The number of anilines is 2. The molecule has 1 aliphatic heterocycles. The molecule has 0 spiro atoms. The van der Waals surface area contributed by atoms with Crippen LogP contribution in [0.15, 0.2) is 72.0 Å². The van der Waals surface area contributed by atoms with Crippen LogP contribution in [0.2, 0.25) is 0 Å². The predicted molar refractivity (Wildman–Crippen MR) is 123 cm³/mol. The standard InChI is InChI=1S/C24H27N5O/c1-27(2)20-11-13-22(14-12-20)29-17-5-6-23(29)18-25-26-24(30)19-7-9-21(10-8-19)28-15-3-4-16-28/h5-14,17-18H,3-4,15-16H2,1-2H3,(H,26,30). The van der Waals surface area contributed by atoms with Gasteiger partial charge in [0.05, 0.1) is 11.9 Å². The first kappa shape index (κ1) is 19.8. The van der Waals surface area contributed by atoms with E-state index in [1.54, 1.807) is 6.21 Å². The summed E-state index contributed by atoms with van der Waals surface area (Å²) in [6.45, 7) is 2.18. The fourth-order valence-corrected chi connectivity index (χ4v) is 3.67. The van der Waals surface area contributed by atoms with Gasteiger partial charge < -0.3 is 14.4 Å². The van der Waals surface area contributed by atoms with Gasteiger partial charge in [0, 0.05) is 56.0 Å². The maximum Gasteiger partial charge on any atom is 0.271 e. The maximum atomic E-state index is 12.4. The molecular weight excluding hydrogens is 374 g/mol. The zero-order valence-corrected chi connectivity index (χ0v) is 17.5. The third-order valence-corrected chi connectivity index (χ3v) is 5.39. The zero-order chi connectivity index (χ0) is 20.9. The summed E-state index contributed by atoms with van der Waals surface area (Å²) in [5.41, 5.74) is 7.47. The fraction of sp³-hybridized carbons (Fsp3) is 0.250. The van der Waals surface area contributed by atoms with E-state index in [0.717, 1.165) is 30.2 Å². The van der Waals surface area contributed by atoms with Crippen molar-refractivity contribution in [1.82, 2.24) is 9.99 Å². The van der Waals surface area contributed by atoms with Gasteiger partial charge in [-0.15, -0.1) is 0 Å². The van der Waals surface area contributed by atoms with Crippen LogP contribution in [0.1, 0.15) is 28.9 Å². The van der Waals surface area contributed by atoms with Crippen molar-refractivity contribution >= 4 is 23.5 Å². The second kappa shape index (κ2) is 8.86. The van der Waals surface area contributed by atoms with Gasteiger partial charge in [-0.3, -0.25) is 4.79 Å². The van der Waals surface area contributed by atoms with Crippen molar-refractivity contribution in [2.45, 2.75) is 12.8 Å². The first-order chi connectivity index (χ1) is 14.6. The van der Waals surface area contributed by atoms with Crippen LogP contribution in [0.3, 0.4) is 0 Å². The molecule has 0 bridgehead atoms. The highest BCUT2D eigenvalue weighted by molar-refractivity contribution is 5.95. The van der Waals surface area contributed by atoms with Crippen molar-refractivity contribution in [3.63, 3.8) is 0 Å². The van der Waals surface area contributed by atoms with Gasteiger partial charge >= 0.3 is 0 Å². The molecule has 1 aliphatic rings. The van der Waals surface area contributed by atoms with Gasteiger partial charge in [-0.2, -0.15) is 5.10 Å². The third-order valence-electron chi connectivity index (χ3n) is 5.39. The second-order valence-electron chi connectivity index (χ2n) is 7.65. The molecule has 1 aromatic heterocycles. The summed E-state index contributed by atoms with van der Waals surface area (Å²) in [5.74, 6) is -0.215. The summed E-state index contributed by atoms with van der Waals surface area (Å²) in [7, 11) is 4.04. The van der Waals surface area contributed by atoms with Gasteiger partial charge in [0.15, 0.2) is 0 Å². The number of benzene rings is 2. The first-order valence-corrected chi connectivity index (χ1v) is 10.3. The van der Waals surface area contributed by atoms with Crippen molar-refractivity contribution in [3.05, 3.63) is 78.1 Å². The monoisotopic (exact) mass is 401 g/mol. The Morgan fingerprint density at radius 2 is 1.63 bits per heavy atom. The van der Waals surface area contributed by atoms with E-state index in [1.165, 1.54) is 18.5 Å². The molecule has 0 unspecified atom stereocenters. The van der Waals surface area contributed by atoms with E-state index >= 15 is 0 Å². The number of nitrogens with one attached hydrogen (secondary N) is 1. The topological polar surface area (TPSA) is 52.9 Å². The Labute approximate surface area is 177 Å². The normalized spacial score (nSPS) is 13.7. The van der Waals surface area contributed by atoms with Crippen LogP contribution in [0.4, 0.5) is 11.4 Å². The molecule has 0 aliphatic carbocycles. The van der Waals surface area contributed by atoms with Crippen LogP contribution in [-0.2, 0) is 0 Å². The van der Waals surface area contributed by atoms with Crippen molar-refractivity contribution in [2.75, 3.05) is 37.0 Å². The number of aromatic nitrogens is 1. The summed E-state index contributed by atoms with van der Waals surface area (Å²) < 4.78 is 2.03. The van der Waals surface area contributed by atoms with Crippen molar-refractivity contribution in [1.29, 1.82) is 0 Å². The number of amides is 1. The maximum absolute atomic E-state index is 12.4. The molecule has 1 saturated heterocycles. The van der Waals surface area contributed by atoms with Gasteiger partial charge in [0.2, 0.25) is 0 Å². The van der Waals surface area contributed by atoms with E-state index in [0.29, 0.717) is 5.56 Å². The number of hydrogen-bond donors (Lipinski definition) is 1. The van der Waals surface area contributed by atoms with E-state index in [9.17, 15) is 4.79 Å². The molecule has 6 nitrogen and oxygen atoms in total. The molecule has 2 aromatic carbocycles. The molecule has 6 heteroatoms. The van der Waals surface area contributed by atoms with E-state index in [1.807, 2.05) is 61.3 Å². The van der Waals surface area contributed by atoms with Gasteiger partial charge in [-0.05, 0) is 73.5 Å². The SMILES string of the molecule is CN(C)c1ccc(-n2cccc2C=NNC(=O)c2ccc(N3CCCC3)cc2)cc1. The highest BCUT2D eigenvalue weighted by Gasteiger charge is 2.13. The average Bonchev–Trinajstić information content (AvgIpc) is 3.46. The number of rotatable bonds is 6. The Bertz CT molecular complexity index is 1010. The largest absolute Gasteiger partial charge is 0.378 e. The molecule has 0 radical (unpaired) electrons. The third kappa shape index (κ3) is 4.38. The van der Waals surface area contributed by atoms with Crippen molar-refractivity contribution < 1.29 is 4.79 Å². The predicted octanol–water partition coefficient (Wildman–Crippen LogP) is 3.91. The summed E-state index contributed by atoms with van der Waals surface area (Å²) in [6.07, 6.45) is 6.11. The van der Waals surface area contributed by atoms with Crippen LogP contribution in [0.5, 0.6) is 0 Å². The Morgan fingerprint density at radius 1 is 0.967 bits per heavy atom. The van der Waals surface area contributed by atoms with E-state index in [4.69, 9.17) is 0 Å². The molecular formula is C24H27N5O. The van der Waals surface area contributed by atoms with Gasteiger partial charge in [-0.1, -0.05) is 0 Å². The van der Waals surface area contributed by atoms with Gasteiger partial charge in [0.1, 0.15) is 0 Å². The first-order valence-electron chi connectivity index (χ1n) is 10.3. The summed E-state index contributed by atoms with van der Waals surface area (Å²) in [5, 5.41) is 4.16. The minimum atomic E-state index is -0.215. The molecule has 1 fully saturated rings. The Kier molecular flexibility index (Phi) is 5.84. The summed E-state index contributed by atoms with van der Waals surface area (Å²) >= 11 is 0. The van der Waals surface area contributed by atoms with E-state index in [2.05, 4.69) is 44.6 Å². The molecule has 2 heterocycles. The average molecular weight is 402 g/mol. The van der Waals surface area contributed by atoms with Crippen LogP contribution in [0.25, 0.3) is 5.69 Å². The summed E-state index contributed by atoms with van der Waals surface area (Å²) in [6, 6.07) is 19.9. The number of carbonyl (C=O) groups excluding carboxylic acids is 1. The van der Waals surface area contributed by atoms with Crippen LogP contribution >= 0.6 is 0 Å². The van der Waals surface area contributed by atoms with Crippen molar-refractivity contribution in [3.8, 4) is 5.69 Å². The van der Waals surface area contributed by atoms with Crippen LogP contribution in [0, 0.1) is 0 Å². The quantitative estimate of drug-likeness (QED) is 0.503. The van der Waals surface area contributed by atoms with Crippen LogP contribution < -0.4 is 15.2 Å². The Morgan fingerprint density at radius 3 is 2.30 bits per heavy atom. The molecule has 0 atom stereocenters.